The fraction of sp³-hybridized carbons (Fsp3) is 0.556. The minimum absolute atomic E-state index is 0.0514. The number of amides is 1. The number of Topliss-reactive ketones (excluding diaryl/α,β-unsaturated/α-hetero) is 1. The van der Waals surface area contributed by atoms with Crippen LogP contribution in [0.2, 0.25) is 0 Å². The Morgan fingerprint density at radius 3 is 2.13 bits per heavy atom. The second-order valence-electron chi connectivity index (χ2n) is 8.58. The molecule has 3 nitrogen and oxygen atoms in total. The van der Waals surface area contributed by atoms with E-state index in [0.717, 1.165) is 24.8 Å². The first kappa shape index (κ1) is 24.1. The van der Waals surface area contributed by atoms with Crippen LogP contribution in [0.4, 0.5) is 0 Å². The van der Waals surface area contributed by atoms with E-state index in [4.69, 9.17) is 5.73 Å². The molecule has 0 radical (unpaired) electrons. The van der Waals surface area contributed by atoms with Gasteiger partial charge in [-0.15, -0.1) is 0 Å². The molecule has 1 aliphatic rings. The van der Waals surface area contributed by atoms with Crippen LogP contribution in [-0.2, 0) is 9.59 Å². The molecule has 0 saturated carbocycles. The molecule has 1 aromatic rings. The van der Waals surface area contributed by atoms with Crippen LogP contribution in [0.1, 0.15) is 90.0 Å². The Labute approximate surface area is 182 Å². The zero-order chi connectivity index (χ0) is 21.8. The van der Waals surface area contributed by atoms with Crippen LogP contribution >= 0.6 is 0 Å². The van der Waals surface area contributed by atoms with Crippen molar-refractivity contribution in [2.24, 2.45) is 17.6 Å². The molecule has 0 aromatic heterocycles. The molecule has 2 unspecified atom stereocenters. The van der Waals surface area contributed by atoms with E-state index in [1.807, 2.05) is 36.4 Å². The number of hydrogen-bond donors (Lipinski definition) is 1. The van der Waals surface area contributed by atoms with Gasteiger partial charge >= 0.3 is 0 Å². The summed E-state index contributed by atoms with van der Waals surface area (Å²) in [5.41, 5.74) is 7.21. The summed E-state index contributed by atoms with van der Waals surface area (Å²) in [6.45, 7) is 4.43. The molecule has 0 fully saturated rings. The summed E-state index contributed by atoms with van der Waals surface area (Å²) in [5.74, 6) is -0.317. The summed E-state index contributed by atoms with van der Waals surface area (Å²) in [5, 5.41) is 0. The molecule has 3 heteroatoms. The number of ketones is 1. The van der Waals surface area contributed by atoms with E-state index < -0.39 is 5.91 Å². The number of carbonyl (C=O) groups excluding carboxylic acids is 2. The summed E-state index contributed by atoms with van der Waals surface area (Å²) in [6.07, 6.45) is 17.2. The van der Waals surface area contributed by atoms with Crippen LogP contribution in [-0.4, -0.2) is 11.7 Å². The van der Waals surface area contributed by atoms with Crippen LogP contribution in [0.15, 0.2) is 48.1 Å². The Balaban J connectivity index is 2.02. The molecule has 30 heavy (non-hydrogen) atoms. The molecule has 1 amide bonds. The predicted molar refractivity (Wildman–Crippen MR) is 126 cm³/mol. The first-order chi connectivity index (χ1) is 14.6. The first-order valence-corrected chi connectivity index (χ1v) is 11.9. The van der Waals surface area contributed by atoms with Gasteiger partial charge in [0.15, 0.2) is 5.78 Å². The van der Waals surface area contributed by atoms with E-state index >= 15 is 0 Å². The minimum Gasteiger partial charge on any atom is -0.366 e. The average Bonchev–Trinajstić information content (AvgIpc) is 2.75. The molecule has 1 aromatic carbocycles. The summed E-state index contributed by atoms with van der Waals surface area (Å²) >= 11 is 0. The largest absolute Gasteiger partial charge is 0.366 e. The maximum Gasteiger partial charge on any atom is 0.249 e. The maximum atomic E-state index is 13.5. The fourth-order valence-corrected chi connectivity index (χ4v) is 4.56. The number of unbranched alkanes of at least 4 members (excludes halogenated alkanes) is 7. The number of primary amides is 1. The normalized spacial score (nSPS) is 17.4. The SMILES string of the molecule is CCCCCCCCCCC(CCC)C1C=CC(C(N)=O)=C(c2ccccc2)C1=O. The van der Waals surface area contributed by atoms with Crippen LogP contribution in [0.25, 0.3) is 5.57 Å². The lowest BCUT2D eigenvalue weighted by molar-refractivity contribution is -0.118. The summed E-state index contributed by atoms with van der Waals surface area (Å²) < 4.78 is 0. The molecule has 0 heterocycles. The van der Waals surface area contributed by atoms with E-state index in [9.17, 15) is 9.59 Å². The molecule has 0 aliphatic heterocycles. The molecular weight excluding hydrogens is 370 g/mol. The second-order valence-corrected chi connectivity index (χ2v) is 8.58. The van der Waals surface area contributed by atoms with Crippen LogP contribution < -0.4 is 5.73 Å². The quantitative estimate of drug-likeness (QED) is 0.351. The topological polar surface area (TPSA) is 60.2 Å². The smallest absolute Gasteiger partial charge is 0.249 e. The number of allylic oxidation sites excluding steroid dienone is 2. The number of nitrogens with two attached hydrogens (primary N) is 1. The van der Waals surface area contributed by atoms with Crippen LogP contribution in [0, 0.1) is 11.8 Å². The van der Waals surface area contributed by atoms with Gasteiger partial charge in [-0.1, -0.05) is 114 Å². The molecule has 0 spiro atoms. The van der Waals surface area contributed by atoms with E-state index in [0.29, 0.717) is 17.1 Å². The van der Waals surface area contributed by atoms with Crippen molar-refractivity contribution in [2.75, 3.05) is 0 Å². The highest BCUT2D eigenvalue weighted by Crippen LogP contribution is 2.36. The van der Waals surface area contributed by atoms with Crippen molar-refractivity contribution in [3.63, 3.8) is 0 Å². The standard InChI is InChI=1S/C27H39NO2/c1-3-5-6-7-8-9-10-12-16-21(15-4-2)23-19-20-24(27(28)30)25(26(23)29)22-17-13-11-14-18-22/h11,13-14,17-21,23H,3-10,12,15-16H2,1-2H3,(H2,28,30). The van der Waals surface area contributed by atoms with Gasteiger partial charge in [0.2, 0.25) is 5.91 Å². The van der Waals surface area contributed by atoms with E-state index in [2.05, 4.69) is 13.8 Å². The number of benzene rings is 1. The van der Waals surface area contributed by atoms with Crippen molar-refractivity contribution < 1.29 is 9.59 Å². The van der Waals surface area contributed by atoms with Crippen LogP contribution in [0.3, 0.4) is 0 Å². The zero-order valence-electron chi connectivity index (χ0n) is 18.9. The lowest BCUT2D eigenvalue weighted by atomic mass is 9.75. The van der Waals surface area contributed by atoms with E-state index in [1.165, 1.54) is 51.4 Å². The van der Waals surface area contributed by atoms with Gasteiger partial charge in [-0.2, -0.15) is 0 Å². The highest BCUT2D eigenvalue weighted by atomic mass is 16.1. The third kappa shape index (κ3) is 6.97. The Kier molecular flexibility index (Phi) is 10.6. The third-order valence-electron chi connectivity index (χ3n) is 6.21. The van der Waals surface area contributed by atoms with Crippen molar-refractivity contribution in [3.8, 4) is 0 Å². The lowest BCUT2D eigenvalue weighted by Gasteiger charge is -2.28. The van der Waals surface area contributed by atoms with Gasteiger partial charge in [0, 0.05) is 11.5 Å². The first-order valence-electron chi connectivity index (χ1n) is 11.9. The van der Waals surface area contributed by atoms with Gasteiger partial charge in [0.05, 0.1) is 5.57 Å². The minimum atomic E-state index is -0.535. The highest BCUT2D eigenvalue weighted by molar-refractivity contribution is 6.29. The average molecular weight is 410 g/mol. The maximum absolute atomic E-state index is 13.5. The Hall–Kier alpha value is -2.16. The van der Waals surface area contributed by atoms with E-state index in [-0.39, 0.29) is 11.7 Å². The van der Waals surface area contributed by atoms with Crippen molar-refractivity contribution in [1.29, 1.82) is 0 Å². The third-order valence-corrected chi connectivity index (χ3v) is 6.21. The number of carbonyl (C=O) groups is 2. The molecular formula is C27H39NO2. The Morgan fingerprint density at radius 2 is 1.53 bits per heavy atom. The van der Waals surface area contributed by atoms with Crippen molar-refractivity contribution >= 4 is 17.3 Å². The molecule has 2 rings (SSSR count). The molecule has 2 atom stereocenters. The molecule has 0 bridgehead atoms. The molecule has 0 saturated heterocycles. The highest BCUT2D eigenvalue weighted by Gasteiger charge is 2.33. The summed E-state index contributed by atoms with van der Waals surface area (Å²) in [6, 6.07) is 9.48. The van der Waals surface area contributed by atoms with Gasteiger partial charge in [0.25, 0.3) is 0 Å². The van der Waals surface area contributed by atoms with Crippen molar-refractivity contribution in [2.45, 2.75) is 84.5 Å². The number of hydrogen-bond acceptors (Lipinski definition) is 2. The molecule has 1 aliphatic carbocycles. The van der Waals surface area contributed by atoms with Crippen LogP contribution in [0.5, 0.6) is 0 Å². The Bertz CT molecular complexity index is 732. The fourth-order valence-electron chi connectivity index (χ4n) is 4.56. The predicted octanol–water partition coefficient (Wildman–Crippen LogP) is 6.63. The second kappa shape index (κ2) is 13.2. The molecule has 164 valence electrons. The summed E-state index contributed by atoms with van der Waals surface area (Å²) in [4.78, 5) is 25.5. The van der Waals surface area contributed by atoms with Crippen molar-refractivity contribution in [1.82, 2.24) is 0 Å². The van der Waals surface area contributed by atoms with Gasteiger partial charge in [-0.05, 0) is 24.3 Å². The zero-order valence-corrected chi connectivity index (χ0v) is 18.9. The van der Waals surface area contributed by atoms with Gasteiger partial charge in [-0.25, -0.2) is 0 Å². The Morgan fingerprint density at radius 1 is 0.900 bits per heavy atom. The van der Waals surface area contributed by atoms with Gasteiger partial charge in [0.1, 0.15) is 0 Å². The summed E-state index contributed by atoms with van der Waals surface area (Å²) in [7, 11) is 0. The molecule has 2 N–H and O–H groups in total. The van der Waals surface area contributed by atoms with Gasteiger partial charge < -0.3 is 5.73 Å². The lowest BCUT2D eigenvalue weighted by Crippen LogP contribution is -2.29. The van der Waals surface area contributed by atoms with E-state index in [1.54, 1.807) is 6.08 Å². The van der Waals surface area contributed by atoms with Crippen molar-refractivity contribution in [3.05, 3.63) is 53.6 Å². The monoisotopic (exact) mass is 409 g/mol. The number of rotatable bonds is 14. The van der Waals surface area contributed by atoms with Gasteiger partial charge in [-0.3, -0.25) is 9.59 Å².